The highest BCUT2D eigenvalue weighted by molar-refractivity contribution is 5.29. The Bertz CT molecular complexity index is 271. The first-order valence-electron chi connectivity index (χ1n) is 5.42. The SMILES string of the molecule is CCOc1ccc(C(CCN)NC)cc1. The molecule has 0 aliphatic carbocycles. The van der Waals surface area contributed by atoms with E-state index in [1.807, 2.05) is 26.1 Å². The monoisotopic (exact) mass is 208 g/mol. The second-order valence-corrected chi connectivity index (χ2v) is 3.42. The van der Waals surface area contributed by atoms with Crippen LogP contribution >= 0.6 is 0 Å². The van der Waals surface area contributed by atoms with Crippen LogP contribution in [0.2, 0.25) is 0 Å². The van der Waals surface area contributed by atoms with Crippen molar-refractivity contribution in [1.82, 2.24) is 5.32 Å². The molecule has 15 heavy (non-hydrogen) atoms. The maximum Gasteiger partial charge on any atom is 0.119 e. The average Bonchev–Trinajstić information content (AvgIpc) is 2.28. The summed E-state index contributed by atoms with van der Waals surface area (Å²) in [5.74, 6) is 0.920. The third kappa shape index (κ3) is 3.53. The largest absolute Gasteiger partial charge is 0.494 e. The topological polar surface area (TPSA) is 47.3 Å². The maximum atomic E-state index is 5.56. The molecule has 0 spiro atoms. The van der Waals surface area contributed by atoms with Crippen molar-refractivity contribution in [2.75, 3.05) is 20.2 Å². The Morgan fingerprint density at radius 1 is 1.33 bits per heavy atom. The molecular formula is C12H20N2O. The van der Waals surface area contributed by atoms with E-state index in [0.717, 1.165) is 12.2 Å². The molecule has 1 unspecified atom stereocenters. The molecule has 1 rings (SSSR count). The second-order valence-electron chi connectivity index (χ2n) is 3.42. The molecule has 0 aromatic heterocycles. The van der Waals surface area contributed by atoms with Gasteiger partial charge in [-0.15, -0.1) is 0 Å². The van der Waals surface area contributed by atoms with E-state index < -0.39 is 0 Å². The highest BCUT2D eigenvalue weighted by Crippen LogP contribution is 2.19. The summed E-state index contributed by atoms with van der Waals surface area (Å²) in [6.07, 6.45) is 0.949. The van der Waals surface area contributed by atoms with Gasteiger partial charge in [-0.2, -0.15) is 0 Å². The first-order chi connectivity index (χ1) is 7.31. The van der Waals surface area contributed by atoms with Gasteiger partial charge in [0.2, 0.25) is 0 Å². The van der Waals surface area contributed by atoms with Crippen molar-refractivity contribution in [2.45, 2.75) is 19.4 Å². The fraction of sp³-hybridized carbons (Fsp3) is 0.500. The summed E-state index contributed by atoms with van der Waals surface area (Å²) < 4.78 is 5.39. The number of hydrogen-bond donors (Lipinski definition) is 2. The summed E-state index contributed by atoms with van der Waals surface area (Å²) in [6, 6.07) is 8.51. The molecule has 1 atom stereocenters. The first kappa shape index (κ1) is 12.0. The molecule has 0 amide bonds. The standard InChI is InChI=1S/C12H20N2O/c1-3-15-11-6-4-10(5-7-11)12(14-2)8-9-13/h4-7,12,14H,3,8-9,13H2,1-2H3. The first-order valence-corrected chi connectivity index (χ1v) is 5.42. The van der Waals surface area contributed by atoms with Crippen LogP contribution in [-0.4, -0.2) is 20.2 Å². The smallest absolute Gasteiger partial charge is 0.119 e. The number of hydrogen-bond acceptors (Lipinski definition) is 3. The second kappa shape index (κ2) is 6.43. The van der Waals surface area contributed by atoms with Gasteiger partial charge in [0.05, 0.1) is 6.61 Å². The Morgan fingerprint density at radius 3 is 2.47 bits per heavy atom. The van der Waals surface area contributed by atoms with Gasteiger partial charge < -0.3 is 15.8 Å². The molecular weight excluding hydrogens is 188 g/mol. The van der Waals surface area contributed by atoms with Gasteiger partial charge in [0.15, 0.2) is 0 Å². The van der Waals surface area contributed by atoms with Crippen LogP contribution in [0.1, 0.15) is 24.9 Å². The van der Waals surface area contributed by atoms with Crippen molar-refractivity contribution in [3.63, 3.8) is 0 Å². The Hall–Kier alpha value is -1.06. The van der Waals surface area contributed by atoms with Gasteiger partial charge in [-0.25, -0.2) is 0 Å². The van der Waals surface area contributed by atoms with E-state index in [-0.39, 0.29) is 0 Å². The van der Waals surface area contributed by atoms with E-state index in [1.54, 1.807) is 0 Å². The molecule has 0 radical (unpaired) electrons. The van der Waals surface area contributed by atoms with Crippen LogP contribution in [0.25, 0.3) is 0 Å². The normalized spacial score (nSPS) is 12.5. The van der Waals surface area contributed by atoms with Gasteiger partial charge in [0.25, 0.3) is 0 Å². The molecule has 0 saturated heterocycles. The Kier molecular flexibility index (Phi) is 5.15. The highest BCUT2D eigenvalue weighted by Gasteiger charge is 2.07. The minimum Gasteiger partial charge on any atom is -0.494 e. The van der Waals surface area contributed by atoms with Crippen LogP contribution in [0.5, 0.6) is 5.75 Å². The van der Waals surface area contributed by atoms with Crippen LogP contribution in [0.15, 0.2) is 24.3 Å². The van der Waals surface area contributed by atoms with Crippen molar-refractivity contribution in [3.8, 4) is 5.75 Å². The van der Waals surface area contributed by atoms with Crippen LogP contribution in [0.4, 0.5) is 0 Å². The zero-order valence-corrected chi connectivity index (χ0v) is 9.49. The summed E-state index contributed by atoms with van der Waals surface area (Å²) >= 11 is 0. The fourth-order valence-corrected chi connectivity index (χ4v) is 1.61. The van der Waals surface area contributed by atoms with Crippen molar-refractivity contribution < 1.29 is 4.74 Å². The van der Waals surface area contributed by atoms with Crippen LogP contribution < -0.4 is 15.8 Å². The minimum absolute atomic E-state index is 0.339. The molecule has 0 aliphatic rings. The molecule has 1 aromatic carbocycles. The van der Waals surface area contributed by atoms with Crippen molar-refractivity contribution >= 4 is 0 Å². The van der Waals surface area contributed by atoms with Crippen molar-refractivity contribution in [1.29, 1.82) is 0 Å². The molecule has 0 heterocycles. The van der Waals surface area contributed by atoms with Crippen LogP contribution in [0, 0.1) is 0 Å². The molecule has 0 aliphatic heterocycles. The molecule has 0 saturated carbocycles. The van der Waals surface area contributed by atoms with Crippen molar-refractivity contribution in [3.05, 3.63) is 29.8 Å². The molecule has 0 fully saturated rings. The maximum absolute atomic E-state index is 5.56. The van der Waals surface area contributed by atoms with E-state index in [4.69, 9.17) is 10.5 Å². The Morgan fingerprint density at radius 2 is 2.00 bits per heavy atom. The van der Waals surface area contributed by atoms with Gasteiger partial charge >= 0.3 is 0 Å². The minimum atomic E-state index is 0.339. The number of ether oxygens (including phenoxy) is 1. The summed E-state index contributed by atoms with van der Waals surface area (Å²) in [7, 11) is 1.96. The van der Waals surface area contributed by atoms with Gasteiger partial charge in [-0.1, -0.05) is 12.1 Å². The Labute approximate surface area is 91.6 Å². The van der Waals surface area contributed by atoms with Gasteiger partial charge in [0, 0.05) is 6.04 Å². The molecule has 3 heteroatoms. The predicted octanol–water partition coefficient (Wildman–Crippen LogP) is 1.69. The molecule has 3 nitrogen and oxygen atoms in total. The lowest BCUT2D eigenvalue weighted by Crippen LogP contribution is -2.19. The molecule has 3 N–H and O–H groups in total. The molecule has 84 valence electrons. The Balaban J connectivity index is 2.68. The zero-order valence-electron chi connectivity index (χ0n) is 9.49. The van der Waals surface area contributed by atoms with Gasteiger partial charge in [-0.05, 0) is 44.6 Å². The van der Waals surface area contributed by atoms with E-state index in [0.29, 0.717) is 19.2 Å². The third-order valence-corrected chi connectivity index (χ3v) is 2.40. The number of benzene rings is 1. The summed E-state index contributed by atoms with van der Waals surface area (Å²) in [4.78, 5) is 0. The predicted molar refractivity (Wildman–Crippen MR) is 63.1 cm³/mol. The van der Waals surface area contributed by atoms with E-state index in [9.17, 15) is 0 Å². The quantitative estimate of drug-likeness (QED) is 0.748. The fourth-order valence-electron chi connectivity index (χ4n) is 1.61. The van der Waals surface area contributed by atoms with E-state index in [1.165, 1.54) is 5.56 Å². The van der Waals surface area contributed by atoms with Crippen LogP contribution in [0.3, 0.4) is 0 Å². The number of rotatable bonds is 6. The lowest BCUT2D eigenvalue weighted by molar-refractivity contribution is 0.340. The van der Waals surface area contributed by atoms with E-state index >= 15 is 0 Å². The summed E-state index contributed by atoms with van der Waals surface area (Å²) in [6.45, 7) is 3.38. The lowest BCUT2D eigenvalue weighted by Gasteiger charge is -2.15. The van der Waals surface area contributed by atoms with Crippen LogP contribution in [-0.2, 0) is 0 Å². The van der Waals surface area contributed by atoms with Gasteiger partial charge in [0.1, 0.15) is 5.75 Å². The molecule has 1 aromatic rings. The highest BCUT2D eigenvalue weighted by atomic mass is 16.5. The van der Waals surface area contributed by atoms with Crippen molar-refractivity contribution in [2.24, 2.45) is 5.73 Å². The number of nitrogens with two attached hydrogens (primary N) is 1. The summed E-state index contributed by atoms with van der Waals surface area (Å²) in [5.41, 5.74) is 6.81. The lowest BCUT2D eigenvalue weighted by atomic mass is 10.0. The average molecular weight is 208 g/mol. The number of nitrogens with one attached hydrogen (secondary N) is 1. The third-order valence-electron chi connectivity index (χ3n) is 2.40. The molecule has 0 bridgehead atoms. The van der Waals surface area contributed by atoms with Gasteiger partial charge in [-0.3, -0.25) is 0 Å². The van der Waals surface area contributed by atoms with E-state index in [2.05, 4.69) is 17.4 Å². The summed E-state index contributed by atoms with van der Waals surface area (Å²) in [5, 5.41) is 3.25. The zero-order chi connectivity index (χ0) is 11.1.